The minimum absolute atomic E-state index is 0.0445. The van der Waals surface area contributed by atoms with E-state index in [-0.39, 0.29) is 6.54 Å². The lowest BCUT2D eigenvalue weighted by Gasteiger charge is -2.25. The van der Waals surface area contributed by atoms with E-state index in [0.717, 1.165) is 11.9 Å². The molecule has 196 valence electrons. The van der Waals surface area contributed by atoms with Gasteiger partial charge in [-0.3, -0.25) is 15.0 Å². The van der Waals surface area contributed by atoms with Crippen LogP contribution in [0.5, 0.6) is 0 Å². The van der Waals surface area contributed by atoms with Gasteiger partial charge in [0.15, 0.2) is 6.10 Å². The highest BCUT2D eigenvalue weighted by Crippen LogP contribution is 2.26. The number of aliphatic hydroxyl groups excluding tert-OH is 1. The number of benzene rings is 2. The van der Waals surface area contributed by atoms with Crippen molar-refractivity contribution in [3.63, 3.8) is 0 Å². The highest BCUT2D eigenvalue weighted by Gasteiger charge is 2.26. The molecule has 0 aliphatic rings. The van der Waals surface area contributed by atoms with Crippen LogP contribution in [-0.2, 0) is 30.5 Å². The van der Waals surface area contributed by atoms with Crippen molar-refractivity contribution >= 4 is 35.4 Å². The predicted molar refractivity (Wildman–Crippen MR) is 128 cm³/mol. The molecule has 1 amide bonds. The van der Waals surface area contributed by atoms with Crippen molar-refractivity contribution in [2.75, 3.05) is 6.54 Å². The molecule has 0 saturated carbocycles. The molecular formula is C24H28ClFN2O8. The van der Waals surface area contributed by atoms with Crippen LogP contribution in [0.4, 0.5) is 4.39 Å². The van der Waals surface area contributed by atoms with Crippen LogP contribution in [0.25, 0.3) is 11.1 Å². The Morgan fingerprint density at radius 2 is 1.64 bits per heavy atom. The van der Waals surface area contributed by atoms with Gasteiger partial charge in [0.05, 0.1) is 6.54 Å². The number of esters is 1. The minimum Gasteiger partial charge on any atom is -0.481 e. The molecule has 2 rings (SSSR count). The number of hydrogen-bond donors (Lipinski definition) is 4. The van der Waals surface area contributed by atoms with E-state index in [1.165, 1.54) is 18.2 Å². The van der Waals surface area contributed by atoms with E-state index in [1.807, 2.05) is 0 Å². The first-order chi connectivity index (χ1) is 16.6. The Kier molecular flexibility index (Phi) is 11.5. The van der Waals surface area contributed by atoms with Crippen LogP contribution in [0.2, 0.25) is 5.02 Å². The number of amides is 1. The lowest BCUT2D eigenvalue weighted by Crippen LogP contribution is -2.50. The van der Waals surface area contributed by atoms with Crippen LogP contribution in [0.15, 0.2) is 42.5 Å². The number of halogens is 2. The van der Waals surface area contributed by atoms with Crippen molar-refractivity contribution in [1.82, 2.24) is 10.4 Å². The van der Waals surface area contributed by atoms with Crippen molar-refractivity contribution in [1.29, 1.82) is 0 Å². The molecule has 0 fully saturated rings. The van der Waals surface area contributed by atoms with Crippen molar-refractivity contribution in [3.8, 4) is 11.1 Å². The van der Waals surface area contributed by atoms with Gasteiger partial charge in [-0.25, -0.2) is 19.0 Å². The van der Waals surface area contributed by atoms with Gasteiger partial charge in [-0.05, 0) is 50.1 Å². The third-order valence-electron chi connectivity index (χ3n) is 4.09. The van der Waals surface area contributed by atoms with Crippen molar-refractivity contribution < 1.29 is 43.6 Å². The Bertz CT molecular complexity index is 1080. The maximum Gasteiger partial charge on any atom is 0.398 e. The number of hydrogen-bond acceptors (Lipinski definition) is 7. The molecule has 2 aromatic carbocycles. The molecule has 0 aliphatic heterocycles. The van der Waals surface area contributed by atoms with E-state index >= 15 is 0 Å². The zero-order valence-electron chi connectivity index (χ0n) is 20.1. The number of nitrogens with zero attached hydrogens (tertiary/aromatic N) is 1. The summed E-state index contributed by atoms with van der Waals surface area (Å²) in [5.74, 6) is -5.04. The van der Waals surface area contributed by atoms with Crippen LogP contribution in [0.1, 0.15) is 33.3 Å². The number of aliphatic hydroxyl groups is 1. The molecule has 0 spiro atoms. The van der Waals surface area contributed by atoms with Crippen molar-refractivity contribution in [2.45, 2.75) is 45.9 Å². The minimum atomic E-state index is -1.81. The van der Waals surface area contributed by atoms with Gasteiger partial charge >= 0.3 is 17.8 Å². The third-order valence-corrected chi connectivity index (χ3v) is 4.32. The molecule has 2 aromatic rings. The lowest BCUT2D eigenvalue weighted by molar-refractivity contribution is -0.166. The summed E-state index contributed by atoms with van der Waals surface area (Å²) in [7, 11) is 0. The van der Waals surface area contributed by atoms with E-state index in [0.29, 0.717) is 21.7 Å². The number of hydrazine groups is 1. The highest BCUT2D eigenvalue weighted by atomic mass is 35.5. The van der Waals surface area contributed by atoms with Crippen LogP contribution in [-0.4, -0.2) is 62.4 Å². The molecule has 0 heterocycles. The first-order valence-corrected chi connectivity index (χ1v) is 10.9. The van der Waals surface area contributed by atoms with Crippen LogP contribution >= 0.6 is 11.6 Å². The Hall–Kier alpha value is -3.54. The summed E-state index contributed by atoms with van der Waals surface area (Å²) in [5, 5.41) is 27.6. The summed E-state index contributed by atoms with van der Waals surface area (Å²) in [4.78, 5) is 44.1. The number of rotatable bonds is 7. The van der Waals surface area contributed by atoms with Crippen LogP contribution in [0, 0.1) is 5.82 Å². The van der Waals surface area contributed by atoms with Gasteiger partial charge in [0, 0.05) is 24.1 Å². The first-order valence-electron chi connectivity index (χ1n) is 10.5. The number of carbonyl (C=O) groups is 4. The summed E-state index contributed by atoms with van der Waals surface area (Å²) in [6.45, 7) is 5.32. The van der Waals surface area contributed by atoms with E-state index in [9.17, 15) is 23.9 Å². The third kappa shape index (κ3) is 11.3. The zero-order valence-corrected chi connectivity index (χ0v) is 20.9. The van der Waals surface area contributed by atoms with Gasteiger partial charge in [0.1, 0.15) is 11.4 Å². The monoisotopic (exact) mass is 526 g/mol. The molecule has 0 aliphatic carbocycles. The fourth-order valence-corrected chi connectivity index (χ4v) is 2.85. The number of carbonyl (C=O) groups excluding carboxylic acids is 2. The van der Waals surface area contributed by atoms with Gasteiger partial charge in [-0.2, -0.15) is 0 Å². The summed E-state index contributed by atoms with van der Waals surface area (Å²) >= 11 is 5.93. The van der Waals surface area contributed by atoms with Gasteiger partial charge in [0.2, 0.25) is 0 Å². The SMILES string of the molecule is CC(=O)O.CC(C)(C)OC(=O)C(=O)NN(Cc1ccc(-c2cc(Cl)ccc2F)cc1)C[C@@H](O)C(=O)O. The highest BCUT2D eigenvalue weighted by molar-refractivity contribution is 6.32. The zero-order chi connectivity index (χ0) is 27.6. The molecule has 1 atom stereocenters. The predicted octanol–water partition coefficient (Wildman–Crippen LogP) is 2.86. The summed E-state index contributed by atoms with van der Waals surface area (Å²) in [6, 6.07) is 10.7. The van der Waals surface area contributed by atoms with Gasteiger partial charge in [-0.15, -0.1) is 0 Å². The number of carboxylic acid groups (broad SMARTS) is 2. The first kappa shape index (κ1) is 30.5. The number of ether oxygens (including phenoxy) is 1. The van der Waals surface area contributed by atoms with Crippen LogP contribution < -0.4 is 5.43 Å². The van der Waals surface area contributed by atoms with Gasteiger partial charge < -0.3 is 20.1 Å². The topological polar surface area (TPSA) is 153 Å². The molecule has 10 nitrogen and oxygen atoms in total. The molecule has 0 unspecified atom stereocenters. The fraction of sp³-hybridized carbons (Fsp3) is 0.333. The van der Waals surface area contributed by atoms with Gasteiger partial charge in [-0.1, -0.05) is 35.9 Å². The largest absolute Gasteiger partial charge is 0.481 e. The number of carboxylic acids is 2. The molecule has 0 radical (unpaired) electrons. The second kappa shape index (κ2) is 13.5. The molecule has 4 N–H and O–H groups in total. The summed E-state index contributed by atoms with van der Waals surface area (Å²) < 4.78 is 19.1. The second-order valence-corrected chi connectivity index (χ2v) is 8.95. The van der Waals surface area contributed by atoms with Gasteiger partial charge in [0.25, 0.3) is 5.97 Å². The molecule has 0 saturated heterocycles. The van der Waals surface area contributed by atoms with Crippen molar-refractivity contribution in [3.05, 3.63) is 58.9 Å². The Balaban J connectivity index is 0.00000150. The normalized spacial score (nSPS) is 11.7. The average molecular weight is 527 g/mol. The number of nitrogens with one attached hydrogen (secondary N) is 1. The van der Waals surface area contributed by atoms with E-state index in [2.05, 4.69) is 5.43 Å². The Morgan fingerprint density at radius 1 is 1.08 bits per heavy atom. The average Bonchev–Trinajstić information content (AvgIpc) is 2.74. The second-order valence-electron chi connectivity index (χ2n) is 8.52. The fourth-order valence-electron chi connectivity index (χ4n) is 2.68. The maximum absolute atomic E-state index is 14.1. The lowest BCUT2D eigenvalue weighted by atomic mass is 10.0. The number of aliphatic carboxylic acids is 2. The Morgan fingerprint density at radius 3 is 2.14 bits per heavy atom. The standard InChI is InChI=1S/C22H24ClFN2O6.C2H4O2/c1-22(2,3)32-21(31)19(28)25-26(12-18(27)20(29)30)11-13-4-6-14(7-5-13)16-10-15(23)8-9-17(16)24;1-2(3)4/h4-10,18,27H,11-12H2,1-3H3,(H,25,28)(H,29,30);1H3,(H,3,4)/t18-;/m1./s1. The summed E-state index contributed by atoms with van der Waals surface area (Å²) in [6.07, 6.45) is -1.81. The molecule has 0 bridgehead atoms. The molecule has 12 heteroatoms. The summed E-state index contributed by atoms with van der Waals surface area (Å²) in [5.41, 5.74) is 2.82. The molecular weight excluding hydrogens is 499 g/mol. The van der Waals surface area contributed by atoms with E-state index in [4.69, 9.17) is 31.3 Å². The smallest absolute Gasteiger partial charge is 0.398 e. The maximum atomic E-state index is 14.1. The molecule has 0 aromatic heterocycles. The van der Waals surface area contributed by atoms with Crippen molar-refractivity contribution in [2.24, 2.45) is 0 Å². The quantitative estimate of drug-likeness (QED) is 0.242. The van der Waals surface area contributed by atoms with E-state index in [1.54, 1.807) is 45.0 Å². The Labute approximate surface area is 212 Å². The van der Waals surface area contributed by atoms with Crippen LogP contribution in [0.3, 0.4) is 0 Å². The molecule has 36 heavy (non-hydrogen) atoms. The van der Waals surface area contributed by atoms with E-state index < -0.39 is 47.9 Å².